The first kappa shape index (κ1) is 18.0. The van der Waals surface area contributed by atoms with E-state index < -0.39 is 0 Å². The molecule has 1 saturated heterocycles. The molecule has 1 saturated carbocycles. The van der Waals surface area contributed by atoms with Crippen molar-refractivity contribution in [2.45, 2.75) is 58.8 Å². The van der Waals surface area contributed by atoms with Crippen LogP contribution in [0.1, 0.15) is 56.1 Å². The minimum Gasteiger partial charge on any atom is -0.342 e. The fraction of sp³-hybridized carbons (Fsp3) is 0.619. The maximum absolute atomic E-state index is 12.6. The third-order valence-corrected chi connectivity index (χ3v) is 5.78. The van der Waals surface area contributed by atoms with Gasteiger partial charge in [0.15, 0.2) is 0 Å². The summed E-state index contributed by atoms with van der Waals surface area (Å²) < 4.78 is 0. The van der Waals surface area contributed by atoms with Gasteiger partial charge in [-0.2, -0.15) is 0 Å². The molecule has 0 atom stereocenters. The Labute approximate surface area is 151 Å². The van der Waals surface area contributed by atoms with E-state index in [4.69, 9.17) is 0 Å². The molecule has 0 bridgehead atoms. The Morgan fingerprint density at radius 1 is 0.960 bits per heavy atom. The Morgan fingerprint density at radius 2 is 1.64 bits per heavy atom. The van der Waals surface area contributed by atoms with E-state index in [-0.39, 0.29) is 17.7 Å². The molecule has 1 aliphatic carbocycles. The largest absolute Gasteiger partial charge is 0.342 e. The van der Waals surface area contributed by atoms with Crippen LogP contribution in [-0.4, -0.2) is 29.8 Å². The number of nitrogens with one attached hydrogen (secondary N) is 1. The number of nitrogens with zero attached hydrogens (tertiary/aromatic N) is 1. The van der Waals surface area contributed by atoms with Crippen molar-refractivity contribution in [1.29, 1.82) is 0 Å². The van der Waals surface area contributed by atoms with Crippen LogP contribution in [0, 0.1) is 25.7 Å². The van der Waals surface area contributed by atoms with Crippen LogP contribution in [0.25, 0.3) is 0 Å². The zero-order chi connectivity index (χ0) is 17.8. The number of aryl methyl sites for hydroxylation is 2. The summed E-state index contributed by atoms with van der Waals surface area (Å²) in [6, 6.07) is 6.12. The monoisotopic (exact) mass is 342 g/mol. The number of likely N-dealkylation sites (tertiary alicyclic amines) is 1. The Hall–Kier alpha value is -1.84. The van der Waals surface area contributed by atoms with Gasteiger partial charge in [0.1, 0.15) is 0 Å². The topological polar surface area (TPSA) is 49.4 Å². The van der Waals surface area contributed by atoms with Gasteiger partial charge in [0.05, 0.1) is 0 Å². The van der Waals surface area contributed by atoms with E-state index in [1.807, 2.05) is 30.9 Å². The minimum absolute atomic E-state index is 0.00955. The molecule has 136 valence electrons. The zero-order valence-electron chi connectivity index (χ0n) is 15.5. The Bertz CT molecular complexity index is 627. The van der Waals surface area contributed by atoms with Gasteiger partial charge in [-0.1, -0.05) is 31.4 Å². The lowest BCUT2D eigenvalue weighted by atomic mass is 9.87. The van der Waals surface area contributed by atoms with Crippen LogP contribution in [-0.2, 0) is 9.59 Å². The Kier molecular flexibility index (Phi) is 5.77. The maximum Gasteiger partial charge on any atom is 0.227 e. The molecule has 1 N–H and O–H groups in total. The minimum atomic E-state index is 0.00955. The molecule has 4 nitrogen and oxygen atoms in total. The number of hydrogen-bond donors (Lipinski definition) is 1. The molecule has 2 aliphatic rings. The molecule has 0 aromatic heterocycles. The number of amides is 2. The summed E-state index contributed by atoms with van der Waals surface area (Å²) >= 11 is 0. The van der Waals surface area contributed by atoms with E-state index >= 15 is 0 Å². The molecule has 2 amide bonds. The van der Waals surface area contributed by atoms with Gasteiger partial charge < -0.3 is 10.2 Å². The highest BCUT2D eigenvalue weighted by Crippen LogP contribution is 2.28. The van der Waals surface area contributed by atoms with Crippen LogP contribution in [0.3, 0.4) is 0 Å². The third kappa shape index (κ3) is 4.42. The summed E-state index contributed by atoms with van der Waals surface area (Å²) in [5.74, 6) is 0.663. The van der Waals surface area contributed by atoms with Crippen LogP contribution in [0.15, 0.2) is 18.2 Å². The number of piperidine rings is 1. The molecule has 25 heavy (non-hydrogen) atoms. The molecular formula is C21H30N2O2. The van der Waals surface area contributed by atoms with Crippen molar-refractivity contribution >= 4 is 17.5 Å². The zero-order valence-corrected chi connectivity index (χ0v) is 15.5. The van der Waals surface area contributed by atoms with Crippen LogP contribution in [0.4, 0.5) is 5.69 Å². The van der Waals surface area contributed by atoms with Gasteiger partial charge in [-0.15, -0.1) is 0 Å². The second kappa shape index (κ2) is 8.03. The van der Waals surface area contributed by atoms with Gasteiger partial charge in [-0.3, -0.25) is 9.59 Å². The maximum atomic E-state index is 12.6. The molecule has 0 radical (unpaired) electrons. The standard InChI is InChI=1S/C21H30N2O2/c1-15-8-9-16(2)19(14-15)22-20(24)17-10-12-23(13-11-17)21(25)18-6-4-3-5-7-18/h8-9,14,17-18H,3-7,10-13H2,1-2H3,(H,22,24). The van der Waals surface area contributed by atoms with Gasteiger partial charge in [-0.25, -0.2) is 0 Å². The van der Waals surface area contributed by atoms with Crippen LogP contribution in [0.2, 0.25) is 0 Å². The highest BCUT2D eigenvalue weighted by Gasteiger charge is 2.31. The lowest BCUT2D eigenvalue weighted by molar-refractivity contribution is -0.139. The van der Waals surface area contributed by atoms with Crippen molar-refractivity contribution in [1.82, 2.24) is 4.90 Å². The van der Waals surface area contributed by atoms with E-state index in [9.17, 15) is 9.59 Å². The van der Waals surface area contributed by atoms with Gasteiger partial charge in [-0.05, 0) is 56.7 Å². The van der Waals surface area contributed by atoms with Crippen LogP contribution < -0.4 is 5.32 Å². The Morgan fingerprint density at radius 3 is 2.32 bits per heavy atom. The smallest absolute Gasteiger partial charge is 0.227 e. The fourth-order valence-corrected chi connectivity index (χ4v) is 4.08. The summed E-state index contributed by atoms with van der Waals surface area (Å²) in [6.45, 7) is 5.49. The quantitative estimate of drug-likeness (QED) is 0.900. The van der Waals surface area contributed by atoms with Crippen molar-refractivity contribution in [3.63, 3.8) is 0 Å². The van der Waals surface area contributed by atoms with Crippen molar-refractivity contribution in [3.8, 4) is 0 Å². The highest BCUT2D eigenvalue weighted by atomic mass is 16.2. The van der Waals surface area contributed by atoms with E-state index in [0.29, 0.717) is 5.91 Å². The molecule has 1 aromatic carbocycles. The molecular weight excluding hydrogens is 312 g/mol. The number of rotatable bonds is 3. The van der Waals surface area contributed by atoms with Crippen molar-refractivity contribution in [2.75, 3.05) is 18.4 Å². The van der Waals surface area contributed by atoms with Gasteiger partial charge in [0.25, 0.3) is 0 Å². The number of carbonyl (C=O) groups excluding carboxylic acids is 2. The van der Waals surface area contributed by atoms with E-state index in [1.54, 1.807) is 0 Å². The molecule has 2 fully saturated rings. The summed E-state index contributed by atoms with van der Waals surface area (Å²) in [5.41, 5.74) is 3.14. The first-order valence-corrected chi connectivity index (χ1v) is 9.71. The van der Waals surface area contributed by atoms with Gasteiger partial charge >= 0.3 is 0 Å². The molecule has 1 aliphatic heterocycles. The van der Waals surface area contributed by atoms with E-state index in [2.05, 4.69) is 11.4 Å². The lowest BCUT2D eigenvalue weighted by Gasteiger charge is -2.34. The van der Waals surface area contributed by atoms with Gasteiger partial charge in [0.2, 0.25) is 11.8 Å². The molecule has 4 heteroatoms. The normalized spacial score (nSPS) is 19.7. The summed E-state index contributed by atoms with van der Waals surface area (Å²) in [4.78, 5) is 27.2. The molecule has 0 unspecified atom stereocenters. The first-order chi connectivity index (χ1) is 12.0. The average molecular weight is 342 g/mol. The second-order valence-electron chi connectivity index (χ2n) is 7.74. The number of hydrogen-bond acceptors (Lipinski definition) is 2. The second-order valence-corrected chi connectivity index (χ2v) is 7.74. The predicted octanol–water partition coefficient (Wildman–Crippen LogP) is 4.06. The predicted molar refractivity (Wildman–Crippen MR) is 100 cm³/mol. The van der Waals surface area contributed by atoms with E-state index in [0.717, 1.165) is 55.6 Å². The van der Waals surface area contributed by atoms with Gasteiger partial charge in [0, 0.05) is 30.6 Å². The van der Waals surface area contributed by atoms with Crippen molar-refractivity contribution in [3.05, 3.63) is 29.3 Å². The lowest BCUT2D eigenvalue weighted by Crippen LogP contribution is -2.44. The van der Waals surface area contributed by atoms with E-state index in [1.165, 1.54) is 19.3 Å². The molecule has 3 rings (SSSR count). The Balaban J connectivity index is 1.52. The molecule has 0 spiro atoms. The number of carbonyl (C=O) groups is 2. The summed E-state index contributed by atoms with van der Waals surface area (Å²) in [6.07, 6.45) is 7.28. The first-order valence-electron chi connectivity index (χ1n) is 9.71. The molecule has 1 aromatic rings. The van der Waals surface area contributed by atoms with Crippen molar-refractivity contribution < 1.29 is 9.59 Å². The SMILES string of the molecule is Cc1ccc(C)c(NC(=O)C2CCN(C(=O)C3CCCCC3)CC2)c1. The average Bonchev–Trinajstić information content (AvgIpc) is 2.65. The molecule has 1 heterocycles. The summed E-state index contributed by atoms with van der Waals surface area (Å²) in [5, 5.41) is 3.09. The van der Waals surface area contributed by atoms with Crippen LogP contribution >= 0.6 is 0 Å². The number of benzene rings is 1. The van der Waals surface area contributed by atoms with Crippen molar-refractivity contribution in [2.24, 2.45) is 11.8 Å². The van der Waals surface area contributed by atoms with Crippen LogP contribution in [0.5, 0.6) is 0 Å². The third-order valence-electron chi connectivity index (χ3n) is 5.78. The fourth-order valence-electron chi connectivity index (χ4n) is 4.08. The highest BCUT2D eigenvalue weighted by molar-refractivity contribution is 5.93. The summed E-state index contributed by atoms with van der Waals surface area (Å²) in [7, 11) is 0. The number of anilines is 1.